The summed E-state index contributed by atoms with van der Waals surface area (Å²) in [7, 11) is 1.45. The van der Waals surface area contributed by atoms with Crippen molar-refractivity contribution < 1.29 is 39.4 Å². The molecule has 0 spiro atoms. The van der Waals surface area contributed by atoms with E-state index in [0.717, 1.165) is 10.5 Å². The number of hydrogen-bond donors (Lipinski definition) is 5. The Hall–Kier alpha value is -2.63. The van der Waals surface area contributed by atoms with Gasteiger partial charge in [-0.2, -0.15) is 0 Å². The van der Waals surface area contributed by atoms with Gasteiger partial charge < -0.3 is 30.7 Å². The van der Waals surface area contributed by atoms with Crippen molar-refractivity contribution in [2.24, 2.45) is 17.6 Å². The minimum absolute atomic E-state index is 0. The van der Waals surface area contributed by atoms with Crippen molar-refractivity contribution in [2.75, 3.05) is 7.05 Å². The molecule has 0 saturated carbocycles. The maximum absolute atomic E-state index is 11.9. The average molecular weight is 455 g/mol. The highest BCUT2D eigenvalue weighted by atomic mass is 16.6. The van der Waals surface area contributed by atoms with Gasteiger partial charge in [-0.05, 0) is 30.2 Å². The van der Waals surface area contributed by atoms with Gasteiger partial charge in [0.1, 0.15) is 18.7 Å². The number of nitrogens with two attached hydrogens (primary N) is 1. The number of carbonyl (C=O) groups excluding carboxylic acids is 1. The predicted molar refractivity (Wildman–Crippen MR) is 121 cm³/mol. The zero-order valence-electron chi connectivity index (χ0n) is 19.3. The molecule has 0 aliphatic heterocycles. The van der Waals surface area contributed by atoms with Gasteiger partial charge in [-0.25, -0.2) is 9.59 Å². The number of hydrogen-bond acceptors (Lipinski definition) is 7. The third-order valence-electron chi connectivity index (χ3n) is 3.98. The lowest BCUT2D eigenvalue weighted by Crippen LogP contribution is -2.43. The van der Waals surface area contributed by atoms with Gasteiger partial charge in [0.05, 0.1) is 0 Å². The largest absolute Gasteiger partial charge is 0.482 e. The summed E-state index contributed by atoms with van der Waals surface area (Å²) < 4.78 is 5.13. The van der Waals surface area contributed by atoms with Crippen LogP contribution in [0.1, 0.15) is 46.1 Å². The van der Waals surface area contributed by atoms with Gasteiger partial charge in [0, 0.05) is 7.05 Å². The quantitative estimate of drug-likeness (QED) is 0.348. The van der Waals surface area contributed by atoms with Gasteiger partial charge in [0.25, 0.3) is 0 Å². The summed E-state index contributed by atoms with van der Waals surface area (Å²) in [5, 5.41) is 31.5. The molecule has 1 aromatic carbocycles. The van der Waals surface area contributed by atoms with E-state index >= 15 is 0 Å². The number of nitrogens with zero attached hydrogens (tertiary/aromatic N) is 1. The molecule has 32 heavy (non-hydrogen) atoms. The second-order valence-electron chi connectivity index (χ2n) is 7.82. The van der Waals surface area contributed by atoms with Gasteiger partial charge in [-0.15, -0.1) is 0 Å². The van der Waals surface area contributed by atoms with Crippen molar-refractivity contribution in [2.45, 2.75) is 59.2 Å². The Kier molecular flexibility index (Phi) is 17.7. The van der Waals surface area contributed by atoms with Gasteiger partial charge in [0.15, 0.2) is 0 Å². The molecule has 11 heteroatoms. The molecule has 1 aromatic rings. The highest BCUT2D eigenvalue weighted by molar-refractivity contribution is 6.13. The van der Waals surface area contributed by atoms with Crippen LogP contribution in [0.15, 0.2) is 30.3 Å². The van der Waals surface area contributed by atoms with E-state index in [1.54, 1.807) is 0 Å². The number of amides is 1. The molecule has 181 valence electrons. The van der Waals surface area contributed by atoms with Crippen molar-refractivity contribution in [1.29, 1.82) is 0 Å². The van der Waals surface area contributed by atoms with E-state index in [0.29, 0.717) is 18.8 Å². The highest BCUT2D eigenvalue weighted by Gasteiger charge is 2.28. The van der Waals surface area contributed by atoms with Gasteiger partial charge in [-0.1, -0.05) is 58.0 Å². The fourth-order valence-corrected chi connectivity index (χ4v) is 2.43. The van der Waals surface area contributed by atoms with Crippen LogP contribution in [0.25, 0.3) is 0 Å². The fourth-order valence-electron chi connectivity index (χ4n) is 2.43. The molecule has 1 amide bonds. The van der Waals surface area contributed by atoms with Crippen molar-refractivity contribution >= 4 is 25.7 Å². The standard InChI is InChI=1S/C15H21NO4.C6H13NO2.BH2O2/c1-11(2)9-13(14(17)18)16(3)15(19)20-10-12-7-5-4-6-8-12;1-4(2)3-5(7)6(8)9;2-1-3/h4-8,11,13H,9-10H2,1-3H3,(H,17,18);4-5H,3,7H2,1-2H3,(H,8,9);2-3H/t13-;5-;/m00./s1. The van der Waals surface area contributed by atoms with E-state index < -0.39 is 30.1 Å². The maximum Gasteiger partial charge on any atom is 0.482 e. The summed E-state index contributed by atoms with van der Waals surface area (Å²) in [4.78, 5) is 34.3. The lowest BCUT2D eigenvalue weighted by atomic mass is 10.0. The van der Waals surface area contributed by atoms with Gasteiger partial charge >= 0.3 is 25.7 Å². The molecule has 6 N–H and O–H groups in total. The van der Waals surface area contributed by atoms with Crippen LogP contribution in [-0.4, -0.2) is 70.0 Å². The number of likely N-dealkylation sites (N-methyl/N-ethyl adjacent to an activating group) is 1. The van der Waals surface area contributed by atoms with Crippen molar-refractivity contribution in [3.63, 3.8) is 0 Å². The van der Waals surface area contributed by atoms with Crippen LogP contribution in [0.2, 0.25) is 0 Å². The molecule has 0 unspecified atom stereocenters. The van der Waals surface area contributed by atoms with Crippen molar-refractivity contribution in [3.05, 3.63) is 35.9 Å². The molecule has 0 aliphatic rings. The third kappa shape index (κ3) is 16.1. The average Bonchev–Trinajstić information content (AvgIpc) is 2.70. The number of carboxylic acid groups (broad SMARTS) is 2. The number of aliphatic carboxylic acids is 2. The second kappa shape index (κ2) is 18.0. The molecule has 0 aliphatic carbocycles. The Labute approximate surface area is 190 Å². The predicted octanol–water partition coefficient (Wildman–Crippen LogP) is 1.70. The first kappa shape index (κ1) is 31.6. The van der Waals surface area contributed by atoms with Gasteiger partial charge in [-0.3, -0.25) is 9.69 Å². The van der Waals surface area contributed by atoms with Crippen molar-refractivity contribution in [1.82, 2.24) is 4.90 Å². The zero-order chi connectivity index (χ0) is 25.3. The van der Waals surface area contributed by atoms with E-state index in [4.69, 9.17) is 25.6 Å². The molecule has 0 aromatic heterocycles. The third-order valence-corrected chi connectivity index (χ3v) is 3.98. The number of ether oxygens (including phenoxy) is 1. The van der Waals surface area contributed by atoms with E-state index in [2.05, 4.69) is 0 Å². The van der Waals surface area contributed by atoms with Crippen LogP contribution in [0.5, 0.6) is 0 Å². The molecular formula is C21H36BN2O8. The summed E-state index contributed by atoms with van der Waals surface area (Å²) in [5.74, 6) is -1.39. The molecule has 1 rings (SSSR count). The van der Waals surface area contributed by atoms with Crippen LogP contribution in [0.4, 0.5) is 4.79 Å². The van der Waals surface area contributed by atoms with E-state index in [9.17, 15) is 19.5 Å². The minimum Gasteiger partial charge on any atom is -0.480 e. The first-order chi connectivity index (χ1) is 14.9. The number of benzene rings is 1. The highest BCUT2D eigenvalue weighted by Crippen LogP contribution is 2.12. The zero-order valence-corrected chi connectivity index (χ0v) is 19.3. The Morgan fingerprint density at radius 3 is 1.78 bits per heavy atom. The van der Waals surface area contributed by atoms with E-state index in [-0.39, 0.29) is 20.2 Å². The van der Waals surface area contributed by atoms with E-state index in [1.807, 2.05) is 58.0 Å². The number of rotatable bonds is 9. The second-order valence-corrected chi connectivity index (χ2v) is 7.82. The van der Waals surface area contributed by atoms with Gasteiger partial charge in [0.2, 0.25) is 0 Å². The summed E-state index contributed by atoms with van der Waals surface area (Å²) >= 11 is 0. The topological polar surface area (TPSA) is 171 Å². The first-order valence-electron chi connectivity index (χ1n) is 10.1. The SMILES string of the molecule is CC(C)C[C@@H](C(=O)O)N(C)C(=O)OCc1ccccc1.CC(C)C[C@H](N)C(=O)O.O[B]O. The monoisotopic (exact) mass is 455 g/mol. The minimum atomic E-state index is -1.02. The Morgan fingerprint density at radius 1 is 0.969 bits per heavy atom. The normalized spacial score (nSPS) is 11.8. The molecule has 0 heterocycles. The summed E-state index contributed by atoms with van der Waals surface area (Å²) in [6.07, 6.45) is 0.323. The summed E-state index contributed by atoms with van der Waals surface area (Å²) in [5.41, 5.74) is 6.08. The molecule has 0 bridgehead atoms. The Balaban J connectivity index is 0. The smallest absolute Gasteiger partial charge is 0.480 e. The maximum atomic E-state index is 11.9. The lowest BCUT2D eigenvalue weighted by Gasteiger charge is -2.25. The van der Waals surface area contributed by atoms with Crippen LogP contribution in [0.3, 0.4) is 0 Å². The summed E-state index contributed by atoms with van der Waals surface area (Å²) in [6, 6.07) is 7.72. The molecule has 1 radical (unpaired) electrons. The van der Waals surface area contributed by atoms with Crippen LogP contribution < -0.4 is 5.73 Å². The van der Waals surface area contributed by atoms with Crippen LogP contribution in [-0.2, 0) is 20.9 Å². The molecular weight excluding hydrogens is 419 g/mol. The number of carboxylic acids is 2. The molecule has 0 fully saturated rings. The Morgan fingerprint density at radius 2 is 1.44 bits per heavy atom. The summed E-state index contributed by atoms with van der Waals surface area (Å²) in [6.45, 7) is 7.86. The van der Waals surface area contributed by atoms with Crippen molar-refractivity contribution in [3.8, 4) is 0 Å². The molecule has 0 saturated heterocycles. The molecule has 2 atom stereocenters. The lowest BCUT2D eigenvalue weighted by molar-refractivity contribution is -0.143. The fraction of sp³-hybridized carbons (Fsp3) is 0.571. The van der Waals surface area contributed by atoms with Crippen LogP contribution >= 0.6 is 0 Å². The number of carbonyl (C=O) groups is 3. The Bertz CT molecular complexity index is 658. The first-order valence-corrected chi connectivity index (χ1v) is 10.1. The van der Waals surface area contributed by atoms with E-state index in [1.165, 1.54) is 7.05 Å². The van der Waals surface area contributed by atoms with Crippen LogP contribution in [0, 0.1) is 11.8 Å². The molecule has 10 nitrogen and oxygen atoms in total.